The topological polar surface area (TPSA) is 66.8 Å². The van der Waals surface area contributed by atoms with Gasteiger partial charge in [0.05, 0.1) is 18.3 Å². The second-order valence-corrected chi connectivity index (χ2v) is 8.17. The molecule has 152 valence electrons. The number of unbranched alkanes of at least 4 members (excludes halogenated alkanes) is 1. The van der Waals surface area contributed by atoms with Crippen LogP contribution in [0.5, 0.6) is 0 Å². The van der Waals surface area contributed by atoms with Gasteiger partial charge in [-0.05, 0) is 50.5 Å². The molecule has 2 heterocycles. The molecule has 1 aromatic carbocycles. The standard InChI is InChI=1S/C24H32O4/c1-17-7-6-8-18(15-17)16-19(25)11-12-21-20(22-13-14-23(21)28-22)9-4-2-3-5-10-24(26)27/h2,4,6-8,11-12,15,19-23,25H,3,5,9-10,13-14,16H2,1H3,(H,26,27)/b4-2-,12-11+/t19?,20-,21+,22-,23+/m1/s1. The number of fused-ring (bicyclic) bond motifs is 2. The molecule has 0 aromatic heterocycles. The zero-order valence-electron chi connectivity index (χ0n) is 16.7. The fourth-order valence-electron chi connectivity index (χ4n) is 4.53. The predicted octanol–water partition coefficient (Wildman–Crippen LogP) is 4.45. The van der Waals surface area contributed by atoms with Crippen LogP contribution in [0.4, 0.5) is 0 Å². The number of hydrogen-bond donors (Lipinski definition) is 2. The summed E-state index contributed by atoms with van der Waals surface area (Å²) in [5.41, 5.74) is 2.37. The third-order valence-corrected chi connectivity index (χ3v) is 5.91. The van der Waals surface area contributed by atoms with E-state index in [2.05, 4.69) is 43.4 Å². The highest BCUT2D eigenvalue weighted by Crippen LogP contribution is 2.45. The number of carboxylic acids is 1. The highest BCUT2D eigenvalue weighted by Gasteiger charge is 2.46. The van der Waals surface area contributed by atoms with Crippen LogP contribution in [-0.2, 0) is 16.0 Å². The maximum absolute atomic E-state index is 10.6. The van der Waals surface area contributed by atoms with Crippen molar-refractivity contribution in [2.45, 2.75) is 70.2 Å². The predicted molar refractivity (Wildman–Crippen MR) is 110 cm³/mol. The van der Waals surface area contributed by atoms with Gasteiger partial charge >= 0.3 is 5.97 Å². The molecular formula is C24H32O4. The average Bonchev–Trinajstić information content (AvgIpc) is 3.24. The number of carboxylic acid groups (broad SMARTS) is 1. The first-order valence-electron chi connectivity index (χ1n) is 10.5. The normalized spacial score (nSPS) is 27.8. The van der Waals surface area contributed by atoms with Gasteiger partial charge in [0.25, 0.3) is 0 Å². The molecule has 2 bridgehead atoms. The largest absolute Gasteiger partial charge is 0.481 e. The SMILES string of the molecule is Cc1cccc(CC(O)/C=C/[C@H]2[C@@H](C/C=C\CCCC(=O)O)[C@H]3CC[C@@H]2O3)c1. The van der Waals surface area contributed by atoms with E-state index < -0.39 is 12.1 Å². The minimum atomic E-state index is -0.732. The third kappa shape index (κ3) is 5.79. The van der Waals surface area contributed by atoms with Crippen LogP contribution in [-0.4, -0.2) is 34.5 Å². The van der Waals surface area contributed by atoms with Crippen LogP contribution in [0.2, 0.25) is 0 Å². The van der Waals surface area contributed by atoms with E-state index in [0.717, 1.165) is 31.2 Å². The quantitative estimate of drug-likeness (QED) is 0.462. The van der Waals surface area contributed by atoms with Crippen LogP contribution in [0.3, 0.4) is 0 Å². The van der Waals surface area contributed by atoms with Gasteiger partial charge in [-0.15, -0.1) is 0 Å². The van der Waals surface area contributed by atoms with Crippen LogP contribution in [0.25, 0.3) is 0 Å². The molecule has 1 unspecified atom stereocenters. The fourth-order valence-corrected chi connectivity index (χ4v) is 4.53. The van der Waals surface area contributed by atoms with Gasteiger partial charge in [-0.2, -0.15) is 0 Å². The van der Waals surface area contributed by atoms with Crippen LogP contribution in [0, 0.1) is 18.8 Å². The van der Waals surface area contributed by atoms with E-state index >= 15 is 0 Å². The van der Waals surface area contributed by atoms with Crippen LogP contribution < -0.4 is 0 Å². The second-order valence-electron chi connectivity index (χ2n) is 8.17. The molecule has 2 aliphatic heterocycles. The lowest BCUT2D eigenvalue weighted by atomic mass is 9.77. The van der Waals surface area contributed by atoms with Crippen molar-refractivity contribution in [3.8, 4) is 0 Å². The highest BCUT2D eigenvalue weighted by atomic mass is 16.5. The minimum Gasteiger partial charge on any atom is -0.481 e. The molecule has 2 N–H and O–H groups in total. The molecule has 5 atom stereocenters. The monoisotopic (exact) mass is 384 g/mol. The van der Waals surface area contributed by atoms with E-state index in [4.69, 9.17) is 9.84 Å². The molecular weight excluding hydrogens is 352 g/mol. The first kappa shape index (κ1) is 20.8. The lowest BCUT2D eigenvalue weighted by molar-refractivity contribution is -0.137. The van der Waals surface area contributed by atoms with Crippen molar-refractivity contribution in [3.05, 3.63) is 59.7 Å². The number of ether oxygens (including phenoxy) is 1. The zero-order valence-corrected chi connectivity index (χ0v) is 16.7. The van der Waals surface area contributed by atoms with E-state index in [9.17, 15) is 9.90 Å². The first-order chi connectivity index (χ1) is 13.5. The van der Waals surface area contributed by atoms with Gasteiger partial charge in [-0.25, -0.2) is 0 Å². The van der Waals surface area contributed by atoms with Gasteiger partial charge in [0, 0.05) is 18.8 Å². The number of aliphatic carboxylic acids is 1. The Labute approximate surface area is 167 Å². The minimum absolute atomic E-state index is 0.228. The number of aliphatic hydroxyl groups is 1. The highest BCUT2D eigenvalue weighted by molar-refractivity contribution is 5.66. The van der Waals surface area contributed by atoms with Crippen molar-refractivity contribution in [2.75, 3.05) is 0 Å². The summed E-state index contributed by atoms with van der Waals surface area (Å²) in [4.78, 5) is 10.6. The number of aryl methyl sites for hydroxylation is 1. The van der Waals surface area contributed by atoms with E-state index in [-0.39, 0.29) is 12.5 Å². The second kappa shape index (κ2) is 10.0. The van der Waals surface area contributed by atoms with Crippen molar-refractivity contribution in [1.82, 2.24) is 0 Å². The third-order valence-electron chi connectivity index (χ3n) is 5.91. The molecule has 4 heteroatoms. The molecule has 4 nitrogen and oxygen atoms in total. The molecule has 0 aliphatic carbocycles. The molecule has 0 saturated carbocycles. The Hall–Kier alpha value is -1.91. The summed E-state index contributed by atoms with van der Waals surface area (Å²) in [5, 5.41) is 19.1. The van der Waals surface area contributed by atoms with Crippen LogP contribution in [0.15, 0.2) is 48.6 Å². The summed E-state index contributed by atoms with van der Waals surface area (Å²) in [6.07, 6.45) is 14.1. The molecule has 2 saturated heterocycles. The van der Waals surface area contributed by atoms with Gasteiger partial charge in [0.15, 0.2) is 0 Å². The van der Waals surface area contributed by atoms with Gasteiger partial charge in [-0.1, -0.05) is 54.1 Å². The van der Waals surface area contributed by atoms with E-state index in [1.807, 2.05) is 12.1 Å². The fraction of sp³-hybridized carbons (Fsp3) is 0.542. The Morgan fingerprint density at radius 2 is 2.11 bits per heavy atom. The van der Waals surface area contributed by atoms with Crippen molar-refractivity contribution in [2.24, 2.45) is 11.8 Å². The summed E-state index contributed by atoms with van der Waals surface area (Å²) in [6, 6.07) is 8.28. The molecule has 0 spiro atoms. The average molecular weight is 385 g/mol. The molecule has 28 heavy (non-hydrogen) atoms. The number of carbonyl (C=O) groups is 1. The van der Waals surface area contributed by atoms with Gasteiger partial charge < -0.3 is 14.9 Å². The molecule has 3 rings (SSSR count). The molecule has 2 fully saturated rings. The Bertz CT molecular complexity index is 708. The molecule has 2 aliphatic rings. The Morgan fingerprint density at radius 1 is 1.29 bits per heavy atom. The van der Waals surface area contributed by atoms with Gasteiger partial charge in [0.2, 0.25) is 0 Å². The van der Waals surface area contributed by atoms with Gasteiger partial charge in [0.1, 0.15) is 0 Å². The number of aliphatic hydroxyl groups excluding tert-OH is 1. The molecule has 0 radical (unpaired) electrons. The first-order valence-corrected chi connectivity index (χ1v) is 10.5. The maximum Gasteiger partial charge on any atom is 0.303 e. The number of benzene rings is 1. The van der Waals surface area contributed by atoms with Crippen LogP contribution in [0.1, 0.15) is 49.7 Å². The lowest BCUT2D eigenvalue weighted by Gasteiger charge is -2.25. The van der Waals surface area contributed by atoms with E-state index in [0.29, 0.717) is 30.8 Å². The number of allylic oxidation sites excluding steroid dienone is 2. The summed E-state index contributed by atoms with van der Waals surface area (Å²) in [7, 11) is 0. The number of hydrogen-bond acceptors (Lipinski definition) is 3. The lowest BCUT2D eigenvalue weighted by Crippen LogP contribution is -2.25. The summed E-state index contributed by atoms with van der Waals surface area (Å²) < 4.78 is 6.13. The van der Waals surface area contributed by atoms with Crippen molar-refractivity contribution < 1.29 is 19.7 Å². The Balaban J connectivity index is 1.51. The number of rotatable bonds is 10. The van der Waals surface area contributed by atoms with Crippen LogP contribution >= 0.6 is 0 Å². The summed E-state index contributed by atoms with van der Waals surface area (Å²) in [5.74, 6) is 0.0794. The van der Waals surface area contributed by atoms with E-state index in [1.165, 1.54) is 5.56 Å². The van der Waals surface area contributed by atoms with E-state index in [1.54, 1.807) is 0 Å². The summed E-state index contributed by atoms with van der Waals surface area (Å²) in [6.45, 7) is 2.07. The molecule has 0 amide bonds. The van der Waals surface area contributed by atoms with Gasteiger partial charge in [-0.3, -0.25) is 4.79 Å². The van der Waals surface area contributed by atoms with Crippen molar-refractivity contribution in [1.29, 1.82) is 0 Å². The summed E-state index contributed by atoms with van der Waals surface area (Å²) >= 11 is 0. The zero-order chi connectivity index (χ0) is 19.9. The Morgan fingerprint density at radius 3 is 2.89 bits per heavy atom. The van der Waals surface area contributed by atoms with Crippen molar-refractivity contribution in [3.63, 3.8) is 0 Å². The molecule has 1 aromatic rings. The van der Waals surface area contributed by atoms with Crippen molar-refractivity contribution >= 4 is 5.97 Å². The maximum atomic E-state index is 10.6. The Kier molecular flexibility index (Phi) is 7.46. The smallest absolute Gasteiger partial charge is 0.303 e.